The largest absolute Gasteiger partial charge is 0.395 e. The van der Waals surface area contributed by atoms with Crippen LogP contribution < -0.4 is 0 Å². The molecule has 0 amide bonds. The Morgan fingerprint density at radius 1 is 1.14 bits per heavy atom. The van der Waals surface area contributed by atoms with E-state index >= 15 is 0 Å². The van der Waals surface area contributed by atoms with Gasteiger partial charge in [0.1, 0.15) is 0 Å². The maximum absolute atomic E-state index is 8.82. The van der Waals surface area contributed by atoms with Crippen molar-refractivity contribution in [1.29, 1.82) is 0 Å². The van der Waals surface area contributed by atoms with E-state index in [1.54, 1.807) is 7.11 Å². The van der Waals surface area contributed by atoms with Crippen LogP contribution in [0.2, 0.25) is 0 Å². The van der Waals surface area contributed by atoms with Crippen LogP contribution in [0.15, 0.2) is 0 Å². The van der Waals surface area contributed by atoms with Crippen molar-refractivity contribution in [1.82, 2.24) is 4.90 Å². The van der Waals surface area contributed by atoms with Crippen LogP contribution >= 0.6 is 0 Å². The minimum absolute atomic E-state index is 0.186. The molecule has 0 bridgehead atoms. The molecule has 0 aliphatic rings. The summed E-state index contributed by atoms with van der Waals surface area (Å²) in [5.41, 5.74) is 0. The molecule has 0 atom stereocenters. The lowest BCUT2D eigenvalue weighted by atomic mass is 10.4. The lowest BCUT2D eigenvalue weighted by Gasteiger charge is -2.21. The van der Waals surface area contributed by atoms with Crippen LogP contribution in [0.3, 0.4) is 0 Å². The van der Waals surface area contributed by atoms with E-state index in [0.717, 1.165) is 13.1 Å². The molecule has 0 heterocycles. The van der Waals surface area contributed by atoms with Gasteiger partial charge < -0.3 is 14.6 Å². The molecule has 0 aromatic carbocycles. The first-order valence-corrected chi connectivity index (χ1v) is 5.14. The van der Waals surface area contributed by atoms with Gasteiger partial charge in [-0.15, -0.1) is 0 Å². The van der Waals surface area contributed by atoms with Crippen LogP contribution in [0, 0.1) is 0 Å². The van der Waals surface area contributed by atoms with Crippen LogP contribution in [0.25, 0.3) is 0 Å². The summed E-state index contributed by atoms with van der Waals surface area (Å²) in [6, 6.07) is 0. The zero-order chi connectivity index (χ0) is 10.8. The van der Waals surface area contributed by atoms with Gasteiger partial charge in [0, 0.05) is 26.7 Å². The highest BCUT2D eigenvalue weighted by Gasteiger charge is 2.03. The highest BCUT2D eigenvalue weighted by molar-refractivity contribution is 4.56. The van der Waals surface area contributed by atoms with Gasteiger partial charge in [0.25, 0.3) is 0 Å². The molecule has 0 saturated carbocycles. The number of aliphatic hydroxyl groups is 1. The Hall–Kier alpha value is -0.160. The molecule has 0 radical (unpaired) electrons. The highest BCUT2D eigenvalue weighted by atomic mass is 16.5. The molecule has 0 aliphatic heterocycles. The van der Waals surface area contributed by atoms with Crippen molar-refractivity contribution in [2.24, 2.45) is 0 Å². The number of ether oxygens (including phenoxy) is 2. The Kier molecular flexibility index (Phi) is 9.29. The molecule has 0 aliphatic carbocycles. The van der Waals surface area contributed by atoms with Crippen LogP contribution in [0.1, 0.15) is 13.8 Å². The van der Waals surface area contributed by atoms with E-state index in [2.05, 4.69) is 4.90 Å². The lowest BCUT2D eigenvalue weighted by molar-refractivity contribution is 0.0480. The van der Waals surface area contributed by atoms with Gasteiger partial charge in [-0.25, -0.2) is 0 Å². The summed E-state index contributed by atoms with van der Waals surface area (Å²) in [4.78, 5) is 2.13. The Bertz CT molecular complexity index is 120. The number of methoxy groups -OCH3 is 1. The molecule has 0 saturated heterocycles. The average molecular weight is 205 g/mol. The van der Waals surface area contributed by atoms with E-state index in [9.17, 15) is 0 Å². The molecule has 0 unspecified atom stereocenters. The molecule has 4 heteroatoms. The average Bonchev–Trinajstić information content (AvgIpc) is 2.13. The van der Waals surface area contributed by atoms with Gasteiger partial charge in [0.05, 0.1) is 25.9 Å². The van der Waals surface area contributed by atoms with E-state index in [1.807, 2.05) is 13.8 Å². The zero-order valence-electron chi connectivity index (χ0n) is 9.53. The second-order valence-electron chi connectivity index (χ2n) is 3.48. The third-order valence-corrected chi connectivity index (χ3v) is 1.89. The first-order valence-electron chi connectivity index (χ1n) is 5.14. The molecule has 86 valence electrons. The first-order chi connectivity index (χ1) is 6.70. The normalized spacial score (nSPS) is 11.6. The summed E-state index contributed by atoms with van der Waals surface area (Å²) in [5.74, 6) is 0. The SMILES string of the molecule is COCCN(CCO)CCOC(C)C. The van der Waals surface area contributed by atoms with Gasteiger partial charge in [0.2, 0.25) is 0 Å². The molecule has 14 heavy (non-hydrogen) atoms. The molecular weight excluding hydrogens is 182 g/mol. The van der Waals surface area contributed by atoms with E-state index in [0.29, 0.717) is 19.8 Å². The first kappa shape index (κ1) is 13.8. The van der Waals surface area contributed by atoms with Gasteiger partial charge >= 0.3 is 0 Å². The van der Waals surface area contributed by atoms with Crippen LogP contribution in [0.5, 0.6) is 0 Å². The van der Waals surface area contributed by atoms with Gasteiger partial charge in [-0.3, -0.25) is 4.90 Å². The minimum Gasteiger partial charge on any atom is -0.395 e. The Morgan fingerprint density at radius 2 is 1.79 bits per heavy atom. The standard InChI is InChI=1S/C10H23NO3/c1-10(2)14-9-6-11(4-7-12)5-8-13-3/h10,12H,4-9H2,1-3H3. The van der Waals surface area contributed by atoms with Crippen LogP contribution in [0.4, 0.5) is 0 Å². The fraction of sp³-hybridized carbons (Fsp3) is 1.00. The Balaban J connectivity index is 3.50. The number of hydrogen-bond acceptors (Lipinski definition) is 4. The van der Waals surface area contributed by atoms with Crippen molar-refractivity contribution in [2.75, 3.05) is 46.6 Å². The lowest BCUT2D eigenvalue weighted by Crippen LogP contribution is -2.33. The molecule has 0 aromatic heterocycles. The third kappa shape index (κ3) is 8.44. The van der Waals surface area contributed by atoms with Crippen molar-refractivity contribution in [3.8, 4) is 0 Å². The quantitative estimate of drug-likeness (QED) is 0.590. The summed E-state index contributed by atoms with van der Waals surface area (Å²) in [5, 5.41) is 8.82. The number of rotatable bonds is 9. The molecular formula is C10H23NO3. The van der Waals surface area contributed by atoms with Crippen molar-refractivity contribution >= 4 is 0 Å². The van der Waals surface area contributed by atoms with Crippen molar-refractivity contribution in [2.45, 2.75) is 20.0 Å². The number of nitrogens with zero attached hydrogens (tertiary/aromatic N) is 1. The molecule has 0 spiro atoms. The minimum atomic E-state index is 0.186. The molecule has 0 rings (SSSR count). The summed E-state index contributed by atoms with van der Waals surface area (Å²) in [6.45, 7) is 8.01. The van der Waals surface area contributed by atoms with E-state index in [1.165, 1.54) is 0 Å². The topological polar surface area (TPSA) is 41.9 Å². The van der Waals surface area contributed by atoms with E-state index in [4.69, 9.17) is 14.6 Å². The number of hydrogen-bond donors (Lipinski definition) is 1. The van der Waals surface area contributed by atoms with Crippen LogP contribution in [-0.4, -0.2) is 62.7 Å². The highest BCUT2D eigenvalue weighted by Crippen LogP contribution is 1.92. The Morgan fingerprint density at radius 3 is 2.29 bits per heavy atom. The summed E-state index contributed by atoms with van der Waals surface area (Å²) >= 11 is 0. The van der Waals surface area contributed by atoms with E-state index in [-0.39, 0.29) is 12.7 Å². The maximum atomic E-state index is 8.82. The zero-order valence-corrected chi connectivity index (χ0v) is 9.53. The van der Waals surface area contributed by atoms with Crippen molar-refractivity contribution in [3.63, 3.8) is 0 Å². The summed E-state index contributed by atoms with van der Waals surface area (Å²) in [6.07, 6.45) is 0.272. The Labute approximate surface area is 86.8 Å². The summed E-state index contributed by atoms with van der Waals surface area (Å²) < 4.78 is 10.4. The third-order valence-electron chi connectivity index (χ3n) is 1.89. The monoisotopic (exact) mass is 205 g/mol. The summed E-state index contributed by atoms with van der Waals surface area (Å²) in [7, 11) is 1.68. The van der Waals surface area contributed by atoms with Crippen molar-refractivity contribution < 1.29 is 14.6 Å². The van der Waals surface area contributed by atoms with E-state index < -0.39 is 0 Å². The predicted octanol–water partition coefficient (Wildman–Crippen LogP) is 0.352. The molecule has 0 fully saturated rings. The molecule has 1 N–H and O–H groups in total. The second-order valence-corrected chi connectivity index (χ2v) is 3.48. The van der Waals surface area contributed by atoms with Crippen molar-refractivity contribution in [3.05, 3.63) is 0 Å². The smallest absolute Gasteiger partial charge is 0.0596 e. The second kappa shape index (κ2) is 9.40. The van der Waals surface area contributed by atoms with Gasteiger partial charge in [-0.05, 0) is 13.8 Å². The van der Waals surface area contributed by atoms with Gasteiger partial charge in [0.15, 0.2) is 0 Å². The fourth-order valence-corrected chi connectivity index (χ4v) is 1.11. The fourth-order valence-electron chi connectivity index (χ4n) is 1.11. The molecule has 0 aromatic rings. The molecule has 4 nitrogen and oxygen atoms in total. The van der Waals surface area contributed by atoms with Gasteiger partial charge in [-0.2, -0.15) is 0 Å². The maximum Gasteiger partial charge on any atom is 0.0596 e. The van der Waals surface area contributed by atoms with Gasteiger partial charge in [-0.1, -0.05) is 0 Å². The van der Waals surface area contributed by atoms with Crippen LogP contribution in [-0.2, 0) is 9.47 Å². The number of aliphatic hydroxyl groups excluding tert-OH is 1. The predicted molar refractivity (Wildman–Crippen MR) is 56.5 cm³/mol.